The lowest BCUT2D eigenvalue weighted by molar-refractivity contribution is 0.257. The molecule has 1 unspecified atom stereocenters. The molecule has 0 radical (unpaired) electrons. The van der Waals surface area contributed by atoms with Gasteiger partial charge in [-0.25, -0.2) is 0 Å². The van der Waals surface area contributed by atoms with Gasteiger partial charge < -0.3 is 5.32 Å². The Bertz CT molecular complexity index is 334. The zero-order chi connectivity index (χ0) is 13.1. The summed E-state index contributed by atoms with van der Waals surface area (Å²) in [4.78, 5) is 0. The molecule has 0 aromatic carbocycles. The van der Waals surface area contributed by atoms with Gasteiger partial charge in [0, 0.05) is 13.1 Å². The van der Waals surface area contributed by atoms with Crippen molar-refractivity contribution in [3.63, 3.8) is 0 Å². The first-order valence-corrected chi connectivity index (χ1v) is 6.93. The van der Waals surface area contributed by atoms with Crippen LogP contribution < -0.4 is 5.32 Å². The van der Waals surface area contributed by atoms with Crippen molar-refractivity contribution >= 4 is 15.9 Å². The van der Waals surface area contributed by atoms with Crippen LogP contribution in [-0.4, -0.2) is 27.6 Å². The minimum Gasteiger partial charge on any atom is -0.314 e. The van der Waals surface area contributed by atoms with Gasteiger partial charge >= 0.3 is 0 Å². The molecule has 1 N–H and O–H groups in total. The molecule has 0 aliphatic heterocycles. The Kier molecular flexibility index (Phi) is 5.13. The van der Waals surface area contributed by atoms with E-state index in [-0.39, 0.29) is 5.41 Å². The molecule has 1 aromatic heterocycles. The summed E-state index contributed by atoms with van der Waals surface area (Å²) < 4.78 is 2.71. The van der Waals surface area contributed by atoms with Crippen LogP contribution in [0.2, 0.25) is 0 Å². The first-order chi connectivity index (χ1) is 7.86. The largest absolute Gasteiger partial charge is 0.314 e. The van der Waals surface area contributed by atoms with Crippen molar-refractivity contribution in [3.8, 4) is 0 Å². The quantitative estimate of drug-likeness (QED) is 0.909. The Morgan fingerprint density at radius 1 is 1.41 bits per heavy atom. The summed E-state index contributed by atoms with van der Waals surface area (Å²) in [5, 5.41) is 11.6. The van der Waals surface area contributed by atoms with Gasteiger partial charge in [-0.3, -0.25) is 4.68 Å². The predicted molar refractivity (Wildman–Crippen MR) is 73.9 cm³/mol. The third-order valence-corrected chi connectivity index (χ3v) is 3.68. The molecule has 5 heteroatoms. The molecule has 17 heavy (non-hydrogen) atoms. The van der Waals surface area contributed by atoms with Crippen LogP contribution in [-0.2, 0) is 13.5 Å². The van der Waals surface area contributed by atoms with Gasteiger partial charge in [0.1, 0.15) is 0 Å². The van der Waals surface area contributed by atoms with E-state index < -0.39 is 0 Å². The molecule has 98 valence electrons. The molecule has 1 heterocycles. The van der Waals surface area contributed by atoms with Crippen LogP contribution in [0.4, 0.5) is 0 Å². The van der Waals surface area contributed by atoms with Crippen LogP contribution in [0.15, 0.2) is 4.60 Å². The van der Waals surface area contributed by atoms with E-state index in [1.807, 2.05) is 11.7 Å². The molecule has 0 aliphatic carbocycles. The molecule has 0 saturated carbocycles. The van der Waals surface area contributed by atoms with Crippen molar-refractivity contribution in [2.24, 2.45) is 12.5 Å². The summed E-state index contributed by atoms with van der Waals surface area (Å²) in [6.45, 7) is 9.98. The van der Waals surface area contributed by atoms with Gasteiger partial charge in [0.05, 0.1) is 5.69 Å². The monoisotopic (exact) mass is 302 g/mol. The van der Waals surface area contributed by atoms with E-state index in [0.29, 0.717) is 6.04 Å². The second-order valence-corrected chi connectivity index (χ2v) is 6.22. The SMILES string of the molecule is CCNC(CCc1c(Br)nnn1C)C(C)(C)C. The highest BCUT2D eigenvalue weighted by Gasteiger charge is 2.24. The number of nitrogens with one attached hydrogen (secondary N) is 1. The molecule has 0 fully saturated rings. The van der Waals surface area contributed by atoms with Crippen molar-refractivity contribution in [1.29, 1.82) is 0 Å². The number of hydrogen-bond donors (Lipinski definition) is 1. The topological polar surface area (TPSA) is 42.7 Å². The van der Waals surface area contributed by atoms with E-state index in [4.69, 9.17) is 0 Å². The molecular formula is C12H23BrN4. The smallest absolute Gasteiger partial charge is 0.151 e. The molecule has 0 aliphatic rings. The predicted octanol–water partition coefficient (Wildman–Crippen LogP) is 2.53. The van der Waals surface area contributed by atoms with E-state index in [0.717, 1.165) is 29.7 Å². The molecule has 0 bridgehead atoms. The lowest BCUT2D eigenvalue weighted by atomic mass is 9.84. The molecule has 0 amide bonds. The Hall–Kier alpha value is -0.420. The number of hydrogen-bond acceptors (Lipinski definition) is 3. The fourth-order valence-corrected chi connectivity index (χ4v) is 2.51. The summed E-state index contributed by atoms with van der Waals surface area (Å²) in [6, 6.07) is 0.509. The third-order valence-electron chi connectivity index (χ3n) is 3.06. The Morgan fingerprint density at radius 2 is 2.06 bits per heavy atom. The minimum absolute atomic E-state index is 0.272. The van der Waals surface area contributed by atoms with Crippen LogP contribution in [0.3, 0.4) is 0 Å². The number of rotatable bonds is 5. The van der Waals surface area contributed by atoms with Crippen molar-refractivity contribution in [2.75, 3.05) is 6.54 Å². The summed E-state index contributed by atoms with van der Waals surface area (Å²) in [5.74, 6) is 0. The Balaban J connectivity index is 2.64. The zero-order valence-corrected chi connectivity index (χ0v) is 13.0. The third kappa shape index (κ3) is 4.07. The number of aryl methyl sites for hydroxylation is 1. The highest BCUT2D eigenvalue weighted by atomic mass is 79.9. The van der Waals surface area contributed by atoms with E-state index in [9.17, 15) is 0 Å². The van der Waals surface area contributed by atoms with Crippen LogP contribution in [0, 0.1) is 5.41 Å². The fourth-order valence-electron chi connectivity index (χ4n) is 1.99. The van der Waals surface area contributed by atoms with E-state index >= 15 is 0 Å². The van der Waals surface area contributed by atoms with Gasteiger partial charge in [-0.2, -0.15) is 0 Å². The van der Waals surface area contributed by atoms with Gasteiger partial charge in [0.25, 0.3) is 0 Å². The maximum Gasteiger partial charge on any atom is 0.151 e. The van der Waals surface area contributed by atoms with Crippen molar-refractivity contribution < 1.29 is 0 Å². The molecule has 1 aromatic rings. The van der Waals surface area contributed by atoms with E-state index in [2.05, 4.69) is 59.3 Å². The molecule has 1 atom stereocenters. The molecule has 0 spiro atoms. The maximum absolute atomic E-state index is 4.01. The second kappa shape index (κ2) is 5.96. The maximum atomic E-state index is 4.01. The highest BCUT2D eigenvalue weighted by Crippen LogP contribution is 2.24. The van der Waals surface area contributed by atoms with Crippen molar-refractivity contribution in [2.45, 2.75) is 46.6 Å². The highest BCUT2D eigenvalue weighted by molar-refractivity contribution is 9.10. The van der Waals surface area contributed by atoms with Crippen LogP contribution in [0.25, 0.3) is 0 Å². The first-order valence-electron chi connectivity index (χ1n) is 6.13. The van der Waals surface area contributed by atoms with E-state index in [1.54, 1.807) is 0 Å². The number of aromatic nitrogens is 3. The Labute approximate surface area is 112 Å². The van der Waals surface area contributed by atoms with Gasteiger partial charge in [-0.05, 0) is 40.7 Å². The van der Waals surface area contributed by atoms with Crippen molar-refractivity contribution in [1.82, 2.24) is 20.3 Å². The molecule has 1 rings (SSSR count). The first kappa shape index (κ1) is 14.6. The lowest BCUT2D eigenvalue weighted by Gasteiger charge is -2.31. The second-order valence-electron chi connectivity index (χ2n) is 5.47. The zero-order valence-electron chi connectivity index (χ0n) is 11.4. The van der Waals surface area contributed by atoms with Gasteiger partial charge in [-0.15, -0.1) is 5.10 Å². The molecule has 0 saturated heterocycles. The number of halogens is 1. The summed E-state index contributed by atoms with van der Waals surface area (Å²) in [6.07, 6.45) is 2.08. The summed E-state index contributed by atoms with van der Waals surface area (Å²) in [5.41, 5.74) is 1.44. The molecular weight excluding hydrogens is 280 g/mol. The Morgan fingerprint density at radius 3 is 2.47 bits per heavy atom. The van der Waals surface area contributed by atoms with Crippen LogP contribution >= 0.6 is 15.9 Å². The van der Waals surface area contributed by atoms with Crippen LogP contribution in [0.1, 0.15) is 39.8 Å². The standard InChI is InChI=1S/C12H23BrN4/c1-6-14-10(12(2,3)4)8-7-9-11(13)15-16-17(9)5/h10,14H,6-8H2,1-5H3. The average molecular weight is 303 g/mol. The van der Waals surface area contributed by atoms with Crippen LogP contribution in [0.5, 0.6) is 0 Å². The van der Waals surface area contributed by atoms with Crippen molar-refractivity contribution in [3.05, 3.63) is 10.3 Å². The number of nitrogens with zero attached hydrogens (tertiary/aromatic N) is 3. The summed E-state index contributed by atoms with van der Waals surface area (Å²) in [7, 11) is 1.94. The normalized spacial score (nSPS) is 14.0. The van der Waals surface area contributed by atoms with Gasteiger partial charge in [-0.1, -0.05) is 32.9 Å². The molecule has 4 nitrogen and oxygen atoms in total. The van der Waals surface area contributed by atoms with E-state index in [1.165, 1.54) is 0 Å². The average Bonchev–Trinajstić information content (AvgIpc) is 2.52. The summed E-state index contributed by atoms with van der Waals surface area (Å²) >= 11 is 3.44. The van der Waals surface area contributed by atoms with Gasteiger partial charge in [0.15, 0.2) is 4.60 Å². The fraction of sp³-hybridized carbons (Fsp3) is 0.833. The minimum atomic E-state index is 0.272. The lowest BCUT2D eigenvalue weighted by Crippen LogP contribution is -2.40. The van der Waals surface area contributed by atoms with Gasteiger partial charge in [0.2, 0.25) is 0 Å².